The number of methoxy groups -OCH3 is 1. The lowest BCUT2D eigenvalue weighted by atomic mass is 10.1. The van der Waals surface area contributed by atoms with Gasteiger partial charge in [-0.05, 0) is 18.2 Å². The number of morpholine rings is 1. The minimum atomic E-state index is 0.0224. The van der Waals surface area contributed by atoms with Crippen LogP contribution >= 0.6 is 11.6 Å². The Bertz CT molecular complexity index is 475. The first kappa shape index (κ1) is 15.1. The third-order valence-electron chi connectivity index (χ3n) is 3.32. The average Bonchev–Trinajstić information content (AvgIpc) is 2.47. The van der Waals surface area contributed by atoms with Crippen molar-refractivity contribution in [3.8, 4) is 5.75 Å². The van der Waals surface area contributed by atoms with Crippen LogP contribution in [0.3, 0.4) is 0 Å². The van der Waals surface area contributed by atoms with Crippen LogP contribution in [0.2, 0.25) is 5.02 Å². The van der Waals surface area contributed by atoms with Crippen molar-refractivity contribution >= 4 is 23.2 Å². The number of benzene rings is 1. The van der Waals surface area contributed by atoms with Crippen LogP contribution in [0.5, 0.6) is 5.75 Å². The van der Waals surface area contributed by atoms with Crippen LogP contribution in [0.1, 0.15) is 6.42 Å². The Morgan fingerprint density at radius 3 is 3.00 bits per heavy atom. The summed E-state index contributed by atoms with van der Waals surface area (Å²) in [5.74, 6) is 0.618. The topological polar surface area (TPSA) is 50.8 Å². The number of ether oxygens (including phenoxy) is 2. The molecule has 1 unspecified atom stereocenters. The second kappa shape index (κ2) is 6.92. The van der Waals surface area contributed by atoms with Gasteiger partial charge in [0.25, 0.3) is 0 Å². The fourth-order valence-electron chi connectivity index (χ4n) is 2.11. The number of halogens is 1. The molecule has 1 amide bonds. The van der Waals surface area contributed by atoms with Gasteiger partial charge in [-0.15, -0.1) is 0 Å². The molecule has 1 N–H and O–H groups in total. The number of anilines is 1. The molecule has 110 valence electrons. The lowest BCUT2D eigenvalue weighted by Gasteiger charge is -2.26. The third-order valence-corrected chi connectivity index (χ3v) is 3.61. The fourth-order valence-corrected chi connectivity index (χ4v) is 2.36. The molecule has 0 aromatic heterocycles. The van der Waals surface area contributed by atoms with E-state index in [-0.39, 0.29) is 11.9 Å². The summed E-state index contributed by atoms with van der Waals surface area (Å²) in [6, 6.07) is 5.37. The normalized spacial score (nSPS) is 18.6. The molecule has 1 atom stereocenters. The Labute approximate surface area is 123 Å². The molecule has 1 saturated heterocycles. The van der Waals surface area contributed by atoms with Gasteiger partial charge in [-0.2, -0.15) is 0 Å². The molecule has 2 rings (SSSR count). The zero-order chi connectivity index (χ0) is 14.5. The van der Waals surface area contributed by atoms with E-state index in [1.807, 2.05) is 6.07 Å². The molecule has 1 aromatic carbocycles. The first-order valence-electron chi connectivity index (χ1n) is 6.53. The minimum Gasteiger partial charge on any atom is -0.495 e. The molecule has 1 aliphatic heterocycles. The molecule has 20 heavy (non-hydrogen) atoms. The van der Waals surface area contributed by atoms with E-state index in [4.69, 9.17) is 21.1 Å². The number of carbonyl (C=O) groups excluding carboxylic acids is 1. The summed E-state index contributed by atoms with van der Waals surface area (Å²) in [6.07, 6.45) is 0.403. The predicted octanol–water partition coefficient (Wildman–Crippen LogP) is 1.69. The maximum absolute atomic E-state index is 12.2. The lowest BCUT2D eigenvalue weighted by Crippen LogP contribution is -2.44. The summed E-state index contributed by atoms with van der Waals surface area (Å²) in [5.41, 5.74) is 0.748. The third kappa shape index (κ3) is 3.62. The summed E-state index contributed by atoms with van der Waals surface area (Å²) in [6.45, 7) is 2.06. The van der Waals surface area contributed by atoms with Gasteiger partial charge in [-0.25, -0.2) is 0 Å². The van der Waals surface area contributed by atoms with E-state index in [1.165, 1.54) is 0 Å². The molecule has 1 aromatic rings. The Morgan fingerprint density at radius 1 is 1.60 bits per heavy atom. The van der Waals surface area contributed by atoms with Crippen molar-refractivity contribution in [1.29, 1.82) is 0 Å². The van der Waals surface area contributed by atoms with Crippen molar-refractivity contribution in [3.63, 3.8) is 0 Å². The second-order valence-corrected chi connectivity index (χ2v) is 5.11. The van der Waals surface area contributed by atoms with Gasteiger partial charge in [-0.1, -0.05) is 11.6 Å². The van der Waals surface area contributed by atoms with Crippen molar-refractivity contribution in [3.05, 3.63) is 23.2 Å². The van der Waals surface area contributed by atoms with Gasteiger partial charge in [-0.3, -0.25) is 4.79 Å². The van der Waals surface area contributed by atoms with Crippen molar-refractivity contribution in [1.82, 2.24) is 5.32 Å². The monoisotopic (exact) mass is 298 g/mol. The Morgan fingerprint density at radius 2 is 2.40 bits per heavy atom. The molecule has 1 aliphatic rings. The predicted molar refractivity (Wildman–Crippen MR) is 78.6 cm³/mol. The van der Waals surface area contributed by atoms with Gasteiger partial charge in [0.15, 0.2) is 0 Å². The first-order valence-corrected chi connectivity index (χ1v) is 6.91. The van der Waals surface area contributed by atoms with Gasteiger partial charge < -0.3 is 19.7 Å². The van der Waals surface area contributed by atoms with Crippen LogP contribution in [0.15, 0.2) is 18.2 Å². The van der Waals surface area contributed by atoms with E-state index in [1.54, 1.807) is 31.2 Å². The van der Waals surface area contributed by atoms with Gasteiger partial charge >= 0.3 is 0 Å². The van der Waals surface area contributed by atoms with Crippen molar-refractivity contribution < 1.29 is 14.3 Å². The van der Waals surface area contributed by atoms with Crippen LogP contribution in [0.4, 0.5) is 5.69 Å². The zero-order valence-corrected chi connectivity index (χ0v) is 12.4. The van der Waals surface area contributed by atoms with E-state index in [0.29, 0.717) is 30.4 Å². The molecule has 1 fully saturated rings. The van der Waals surface area contributed by atoms with Crippen LogP contribution in [-0.2, 0) is 9.53 Å². The number of nitrogens with zero attached hydrogens (tertiary/aromatic N) is 1. The molecule has 0 saturated carbocycles. The molecular formula is C14H19ClN2O3. The fraction of sp³-hybridized carbons (Fsp3) is 0.500. The van der Waals surface area contributed by atoms with Gasteiger partial charge in [0.2, 0.25) is 5.91 Å². The van der Waals surface area contributed by atoms with Crippen molar-refractivity contribution in [2.75, 3.05) is 38.8 Å². The van der Waals surface area contributed by atoms with E-state index >= 15 is 0 Å². The number of nitrogens with one attached hydrogen (secondary N) is 1. The van der Waals surface area contributed by atoms with Crippen LogP contribution in [-0.4, -0.2) is 45.9 Å². The maximum Gasteiger partial charge on any atom is 0.228 e. The molecule has 0 aliphatic carbocycles. The van der Waals surface area contributed by atoms with E-state index < -0.39 is 0 Å². The number of rotatable bonds is 4. The number of hydrogen-bond donors (Lipinski definition) is 1. The molecule has 6 heteroatoms. The van der Waals surface area contributed by atoms with Crippen LogP contribution in [0.25, 0.3) is 0 Å². The largest absolute Gasteiger partial charge is 0.495 e. The molecule has 1 heterocycles. The highest BCUT2D eigenvalue weighted by Gasteiger charge is 2.20. The summed E-state index contributed by atoms with van der Waals surface area (Å²) in [7, 11) is 3.30. The maximum atomic E-state index is 12.2. The second-order valence-electron chi connectivity index (χ2n) is 4.70. The summed E-state index contributed by atoms with van der Waals surface area (Å²) < 4.78 is 10.4. The van der Waals surface area contributed by atoms with Crippen LogP contribution < -0.4 is 15.0 Å². The molecule has 0 radical (unpaired) electrons. The van der Waals surface area contributed by atoms with E-state index in [9.17, 15) is 4.79 Å². The summed E-state index contributed by atoms with van der Waals surface area (Å²) in [4.78, 5) is 13.8. The Balaban J connectivity index is 2.00. The molecule has 0 spiro atoms. The molecular weight excluding hydrogens is 280 g/mol. The highest BCUT2D eigenvalue weighted by Crippen LogP contribution is 2.29. The highest BCUT2D eigenvalue weighted by atomic mass is 35.5. The smallest absolute Gasteiger partial charge is 0.228 e. The zero-order valence-electron chi connectivity index (χ0n) is 11.7. The molecule has 5 nitrogen and oxygen atoms in total. The number of hydrogen-bond acceptors (Lipinski definition) is 4. The average molecular weight is 299 g/mol. The summed E-state index contributed by atoms with van der Waals surface area (Å²) >= 11 is 6.07. The Kier molecular flexibility index (Phi) is 5.23. The minimum absolute atomic E-state index is 0.0224. The Hall–Kier alpha value is -1.30. The lowest BCUT2D eigenvalue weighted by molar-refractivity contribution is -0.119. The van der Waals surface area contributed by atoms with Crippen molar-refractivity contribution in [2.45, 2.75) is 12.5 Å². The quantitative estimate of drug-likeness (QED) is 0.919. The first-order chi connectivity index (χ1) is 9.61. The van der Waals surface area contributed by atoms with Gasteiger partial charge in [0.05, 0.1) is 25.3 Å². The van der Waals surface area contributed by atoms with Crippen molar-refractivity contribution in [2.24, 2.45) is 0 Å². The number of carbonyl (C=O) groups is 1. The SMILES string of the molecule is COc1ccc(N(C)C(=O)CC2COCCN2)cc1Cl. The number of amides is 1. The van der Waals surface area contributed by atoms with Gasteiger partial charge in [0, 0.05) is 31.7 Å². The summed E-state index contributed by atoms with van der Waals surface area (Å²) in [5, 5.41) is 3.76. The van der Waals surface area contributed by atoms with Crippen LogP contribution in [0, 0.1) is 0 Å². The van der Waals surface area contributed by atoms with E-state index in [2.05, 4.69) is 5.32 Å². The highest BCUT2D eigenvalue weighted by molar-refractivity contribution is 6.32. The molecule has 0 bridgehead atoms. The standard InChI is InChI=1S/C14H19ClN2O3/c1-17(11-3-4-13(19-2)12(15)8-11)14(18)7-10-9-20-6-5-16-10/h3-4,8,10,16H,5-7,9H2,1-2H3. The van der Waals surface area contributed by atoms with E-state index in [0.717, 1.165) is 12.2 Å². The van der Waals surface area contributed by atoms with Gasteiger partial charge in [0.1, 0.15) is 5.75 Å².